The Morgan fingerprint density at radius 1 is 1.18 bits per heavy atom. The number of nitrogens with one attached hydrogen (secondary N) is 1. The molecule has 0 atom stereocenters. The maximum absolute atomic E-state index is 12.6. The number of halogens is 1. The lowest BCUT2D eigenvalue weighted by atomic mass is 9.96. The van der Waals surface area contributed by atoms with Crippen molar-refractivity contribution in [3.05, 3.63) is 46.1 Å². The van der Waals surface area contributed by atoms with Gasteiger partial charge in [0.15, 0.2) is 5.82 Å². The number of carbonyl (C=O) groups is 1. The SMILES string of the molecule is COc1cc(Cl)ccc1C(=O)NC1CCN(c2cc3c(nn2)CCCC3)CC1. The maximum Gasteiger partial charge on any atom is 0.255 e. The Hall–Kier alpha value is -2.34. The van der Waals surface area contributed by atoms with Gasteiger partial charge >= 0.3 is 0 Å². The van der Waals surface area contributed by atoms with Crippen molar-refractivity contribution in [2.75, 3.05) is 25.1 Å². The van der Waals surface area contributed by atoms with Crippen LogP contribution in [-0.2, 0) is 12.8 Å². The zero-order valence-electron chi connectivity index (χ0n) is 16.1. The van der Waals surface area contributed by atoms with E-state index in [0.717, 1.165) is 50.3 Å². The van der Waals surface area contributed by atoms with E-state index in [-0.39, 0.29) is 11.9 Å². The van der Waals surface area contributed by atoms with E-state index in [1.165, 1.54) is 18.4 Å². The Balaban J connectivity index is 1.36. The van der Waals surface area contributed by atoms with Gasteiger partial charge in [0.1, 0.15) is 5.75 Å². The van der Waals surface area contributed by atoms with E-state index >= 15 is 0 Å². The number of anilines is 1. The molecular formula is C21H25ClN4O2. The molecule has 2 aromatic rings. The molecule has 0 spiro atoms. The van der Waals surface area contributed by atoms with Crippen LogP contribution in [0.25, 0.3) is 0 Å². The lowest BCUT2D eigenvalue weighted by molar-refractivity contribution is 0.0928. The van der Waals surface area contributed by atoms with Crippen LogP contribution in [0.2, 0.25) is 5.02 Å². The minimum atomic E-state index is -0.125. The first-order valence-electron chi connectivity index (χ1n) is 9.89. The van der Waals surface area contributed by atoms with Crippen molar-refractivity contribution in [3.63, 3.8) is 0 Å². The number of hydrogen-bond donors (Lipinski definition) is 1. The second-order valence-electron chi connectivity index (χ2n) is 7.46. The van der Waals surface area contributed by atoms with Crippen LogP contribution in [0.4, 0.5) is 5.82 Å². The topological polar surface area (TPSA) is 67.3 Å². The van der Waals surface area contributed by atoms with Gasteiger partial charge in [0.05, 0.1) is 18.4 Å². The highest BCUT2D eigenvalue weighted by Crippen LogP contribution is 2.26. The van der Waals surface area contributed by atoms with Crippen LogP contribution in [0.5, 0.6) is 5.75 Å². The van der Waals surface area contributed by atoms with Crippen LogP contribution >= 0.6 is 11.6 Å². The van der Waals surface area contributed by atoms with Crippen LogP contribution < -0.4 is 15.0 Å². The van der Waals surface area contributed by atoms with Crippen molar-refractivity contribution in [1.82, 2.24) is 15.5 Å². The van der Waals surface area contributed by atoms with Crippen molar-refractivity contribution in [2.24, 2.45) is 0 Å². The fourth-order valence-electron chi connectivity index (χ4n) is 4.00. The summed E-state index contributed by atoms with van der Waals surface area (Å²) in [6.07, 6.45) is 6.35. The Kier molecular flexibility index (Phi) is 5.67. The largest absolute Gasteiger partial charge is 0.496 e. The monoisotopic (exact) mass is 400 g/mol. The summed E-state index contributed by atoms with van der Waals surface area (Å²) in [5.41, 5.74) is 3.02. The highest BCUT2D eigenvalue weighted by Gasteiger charge is 2.24. The van der Waals surface area contributed by atoms with Crippen LogP contribution in [0, 0.1) is 0 Å². The molecule has 0 bridgehead atoms. The van der Waals surface area contributed by atoms with Gasteiger partial charge in [-0.15, -0.1) is 5.10 Å². The number of rotatable bonds is 4. The zero-order chi connectivity index (χ0) is 19.5. The molecule has 1 amide bonds. The van der Waals surface area contributed by atoms with Gasteiger partial charge in [-0.1, -0.05) is 11.6 Å². The minimum Gasteiger partial charge on any atom is -0.496 e. The minimum absolute atomic E-state index is 0.125. The van der Waals surface area contributed by atoms with Crippen molar-refractivity contribution >= 4 is 23.3 Å². The molecule has 1 aromatic heterocycles. The third-order valence-corrected chi connectivity index (χ3v) is 5.85. The van der Waals surface area contributed by atoms with Crippen molar-refractivity contribution in [1.29, 1.82) is 0 Å². The lowest BCUT2D eigenvalue weighted by Gasteiger charge is -2.33. The summed E-state index contributed by atoms with van der Waals surface area (Å²) in [7, 11) is 1.54. The van der Waals surface area contributed by atoms with Gasteiger partial charge in [0, 0.05) is 24.2 Å². The third-order valence-electron chi connectivity index (χ3n) is 5.62. The summed E-state index contributed by atoms with van der Waals surface area (Å²) in [5.74, 6) is 1.33. The average molecular weight is 401 g/mol. The number of piperidine rings is 1. The number of carbonyl (C=O) groups excluding carboxylic acids is 1. The van der Waals surface area contributed by atoms with Crippen molar-refractivity contribution < 1.29 is 9.53 Å². The second-order valence-corrected chi connectivity index (χ2v) is 7.90. The highest BCUT2D eigenvalue weighted by atomic mass is 35.5. The molecule has 1 aliphatic carbocycles. The number of hydrogen-bond acceptors (Lipinski definition) is 5. The van der Waals surface area contributed by atoms with E-state index in [2.05, 4.69) is 26.5 Å². The fourth-order valence-corrected chi connectivity index (χ4v) is 4.16. The Labute approximate surface area is 170 Å². The summed E-state index contributed by atoms with van der Waals surface area (Å²) in [6, 6.07) is 7.41. The van der Waals surface area contributed by atoms with E-state index in [0.29, 0.717) is 16.3 Å². The molecule has 1 N–H and O–H groups in total. The molecule has 2 aliphatic rings. The average Bonchev–Trinajstić information content (AvgIpc) is 2.73. The lowest BCUT2D eigenvalue weighted by Crippen LogP contribution is -2.45. The van der Waals surface area contributed by atoms with Crippen LogP contribution in [0.1, 0.15) is 47.3 Å². The second kappa shape index (κ2) is 8.35. The van der Waals surface area contributed by atoms with Crippen molar-refractivity contribution in [2.45, 2.75) is 44.6 Å². The third kappa shape index (κ3) is 4.07. The van der Waals surface area contributed by atoms with E-state index in [1.807, 2.05) is 0 Å². The Bertz CT molecular complexity index is 865. The van der Waals surface area contributed by atoms with E-state index in [4.69, 9.17) is 16.3 Å². The highest BCUT2D eigenvalue weighted by molar-refractivity contribution is 6.30. The molecule has 28 heavy (non-hydrogen) atoms. The summed E-state index contributed by atoms with van der Waals surface area (Å²) in [6.45, 7) is 1.71. The van der Waals surface area contributed by atoms with Gasteiger partial charge in [-0.05, 0) is 68.4 Å². The molecule has 4 rings (SSSR count). The first-order chi connectivity index (χ1) is 13.6. The van der Waals surface area contributed by atoms with Gasteiger partial charge in [-0.25, -0.2) is 0 Å². The molecule has 0 unspecified atom stereocenters. The van der Waals surface area contributed by atoms with Crippen LogP contribution in [-0.4, -0.2) is 42.3 Å². The molecular weight excluding hydrogens is 376 g/mol. The van der Waals surface area contributed by atoms with E-state index in [9.17, 15) is 4.79 Å². The number of ether oxygens (including phenoxy) is 1. The van der Waals surface area contributed by atoms with Gasteiger partial charge in [0.25, 0.3) is 5.91 Å². The predicted molar refractivity (Wildman–Crippen MR) is 109 cm³/mol. The maximum atomic E-state index is 12.6. The van der Waals surface area contributed by atoms with Gasteiger partial charge < -0.3 is 15.0 Å². The summed E-state index contributed by atoms with van der Waals surface area (Å²) < 4.78 is 5.29. The number of amides is 1. The van der Waals surface area contributed by atoms with Gasteiger partial charge in [-0.2, -0.15) is 5.10 Å². The van der Waals surface area contributed by atoms with Gasteiger partial charge in [-0.3, -0.25) is 4.79 Å². The normalized spacial score (nSPS) is 17.1. The first-order valence-corrected chi connectivity index (χ1v) is 10.3. The standard InChI is InChI=1S/C21H25ClN4O2/c1-28-19-13-15(22)6-7-17(19)21(27)23-16-8-10-26(11-9-16)20-12-14-4-2-3-5-18(14)24-25-20/h6-7,12-13,16H,2-5,8-11H2,1H3,(H,23,27). The Morgan fingerprint density at radius 3 is 2.75 bits per heavy atom. The summed E-state index contributed by atoms with van der Waals surface area (Å²) in [5, 5.41) is 12.6. The number of methoxy groups -OCH3 is 1. The van der Waals surface area contributed by atoms with Crippen LogP contribution in [0.15, 0.2) is 24.3 Å². The molecule has 148 valence electrons. The molecule has 1 aliphatic heterocycles. The number of benzene rings is 1. The first kappa shape index (κ1) is 19.0. The summed E-state index contributed by atoms with van der Waals surface area (Å²) >= 11 is 5.98. The molecule has 6 nitrogen and oxygen atoms in total. The number of fused-ring (bicyclic) bond motifs is 1. The van der Waals surface area contributed by atoms with Crippen LogP contribution in [0.3, 0.4) is 0 Å². The number of nitrogens with zero attached hydrogens (tertiary/aromatic N) is 3. The van der Waals surface area contributed by atoms with E-state index in [1.54, 1.807) is 25.3 Å². The molecule has 0 saturated carbocycles. The molecule has 1 saturated heterocycles. The van der Waals surface area contributed by atoms with E-state index < -0.39 is 0 Å². The fraction of sp³-hybridized carbons (Fsp3) is 0.476. The van der Waals surface area contributed by atoms with Crippen molar-refractivity contribution in [3.8, 4) is 5.75 Å². The zero-order valence-corrected chi connectivity index (χ0v) is 16.8. The predicted octanol–water partition coefficient (Wildman–Crippen LogP) is 3.42. The molecule has 2 heterocycles. The Morgan fingerprint density at radius 2 is 1.96 bits per heavy atom. The quantitative estimate of drug-likeness (QED) is 0.851. The summed E-state index contributed by atoms with van der Waals surface area (Å²) in [4.78, 5) is 14.9. The molecule has 1 aromatic carbocycles. The number of aryl methyl sites for hydroxylation is 2. The number of aromatic nitrogens is 2. The molecule has 1 fully saturated rings. The van der Waals surface area contributed by atoms with Gasteiger partial charge in [0.2, 0.25) is 0 Å². The smallest absolute Gasteiger partial charge is 0.255 e. The molecule has 7 heteroatoms. The molecule has 0 radical (unpaired) electrons.